The summed E-state index contributed by atoms with van der Waals surface area (Å²) < 4.78 is 4.95. The van der Waals surface area contributed by atoms with E-state index in [1.165, 1.54) is 89.8 Å². The van der Waals surface area contributed by atoms with Crippen molar-refractivity contribution < 1.29 is 9.53 Å². The molecule has 2 heterocycles. The first-order valence-corrected chi connectivity index (χ1v) is 11.0. The van der Waals surface area contributed by atoms with Gasteiger partial charge in [-0.25, -0.2) is 0 Å². The Hall–Kier alpha value is -0.465. The van der Waals surface area contributed by atoms with Crippen LogP contribution >= 0.6 is 0 Å². The second-order valence-electron chi connectivity index (χ2n) is 8.22. The lowest BCUT2D eigenvalue weighted by atomic mass is 9.26. The number of unbranched alkanes of at least 4 members (excludes halogenated alkanes) is 7. The van der Waals surface area contributed by atoms with Gasteiger partial charge < -0.3 is 4.74 Å². The molecular formula is C21H39BO2. The van der Waals surface area contributed by atoms with E-state index in [4.69, 9.17) is 4.74 Å². The number of hydrogen-bond acceptors (Lipinski definition) is 2. The summed E-state index contributed by atoms with van der Waals surface area (Å²) in [5.41, 5.74) is 0. The molecule has 2 aliphatic rings. The molecule has 0 aromatic heterocycles. The van der Waals surface area contributed by atoms with E-state index in [-0.39, 0.29) is 5.97 Å². The standard InChI is InChI=1S/C21H39BO2/c1-2-24-21(23)17-9-7-5-3-4-6-8-10-18-22-19-13-11-14-20(22)16-12-15-19/h19-20H,2-18H2,1H3. The molecule has 2 nitrogen and oxygen atoms in total. The highest BCUT2D eigenvalue weighted by atomic mass is 16.5. The lowest BCUT2D eigenvalue weighted by Crippen LogP contribution is -2.34. The third-order valence-electron chi connectivity index (χ3n) is 6.48. The highest BCUT2D eigenvalue weighted by molar-refractivity contribution is 6.62. The number of esters is 1. The molecule has 0 aromatic carbocycles. The number of carbonyl (C=O) groups is 1. The van der Waals surface area contributed by atoms with E-state index in [2.05, 4.69) is 0 Å². The van der Waals surface area contributed by atoms with Gasteiger partial charge in [0.2, 0.25) is 0 Å². The number of hydrogen-bond donors (Lipinski definition) is 0. The molecule has 0 aromatic rings. The van der Waals surface area contributed by atoms with E-state index in [1.807, 2.05) is 6.92 Å². The summed E-state index contributed by atoms with van der Waals surface area (Å²) in [5, 5.41) is 0. The average Bonchev–Trinajstić information content (AvgIpc) is 2.56. The normalized spacial score (nSPS) is 23.3. The first-order chi connectivity index (χ1) is 11.8. The lowest BCUT2D eigenvalue weighted by Gasteiger charge is -2.40. The Bertz CT molecular complexity index is 323. The van der Waals surface area contributed by atoms with Crippen molar-refractivity contribution in [1.29, 1.82) is 0 Å². The maximum Gasteiger partial charge on any atom is 0.305 e. The zero-order valence-electron chi connectivity index (χ0n) is 16.1. The van der Waals surface area contributed by atoms with Crippen molar-refractivity contribution >= 4 is 12.7 Å². The molecule has 2 rings (SSSR count). The van der Waals surface area contributed by atoms with Crippen LogP contribution in [-0.2, 0) is 9.53 Å². The Balaban J connectivity index is 1.39. The predicted octanol–water partition coefficient (Wildman–Crippen LogP) is 6.66. The maximum atomic E-state index is 11.2. The zero-order chi connectivity index (χ0) is 17.0. The van der Waals surface area contributed by atoms with Crippen LogP contribution in [0.5, 0.6) is 0 Å². The minimum absolute atomic E-state index is 0.0232. The molecule has 2 fully saturated rings. The van der Waals surface area contributed by atoms with Crippen LogP contribution in [0.2, 0.25) is 18.0 Å². The first-order valence-electron chi connectivity index (χ1n) is 11.0. The molecule has 0 radical (unpaired) electrons. The highest BCUT2D eigenvalue weighted by Gasteiger charge is 2.37. The van der Waals surface area contributed by atoms with Gasteiger partial charge in [-0.1, -0.05) is 101 Å². The molecule has 2 bridgehead atoms. The molecular weight excluding hydrogens is 295 g/mol. The topological polar surface area (TPSA) is 26.3 Å². The van der Waals surface area contributed by atoms with Gasteiger partial charge in [-0.2, -0.15) is 0 Å². The monoisotopic (exact) mass is 334 g/mol. The molecule has 0 spiro atoms. The van der Waals surface area contributed by atoms with E-state index >= 15 is 0 Å². The second-order valence-corrected chi connectivity index (χ2v) is 8.22. The van der Waals surface area contributed by atoms with Crippen molar-refractivity contribution in [2.75, 3.05) is 6.61 Å². The molecule has 3 heteroatoms. The number of ether oxygens (including phenoxy) is 1. The van der Waals surface area contributed by atoms with Crippen molar-refractivity contribution in [2.24, 2.45) is 0 Å². The SMILES string of the molecule is CCOC(=O)CCCCCCCCCCB1C2CCCC1CCC2. The Morgan fingerprint density at radius 3 is 1.88 bits per heavy atom. The van der Waals surface area contributed by atoms with Crippen LogP contribution in [0.25, 0.3) is 0 Å². The molecule has 0 amide bonds. The Morgan fingerprint density at radius 1 is 0.833 bits per heavy atom. The van der Waals surface area contributed by atoms with Gasteiger partial charge in [0.15, 0.2) is 0 Å². The van der Waals surface area contributed by atoms with Gasteiger partial charge >= 0.3 is 5.97 Å². The van der Waals surface area contributed by atoms with Crippen molar-refractivity contribution in [2.45, 2.75) is 121 Å². The van der Waals surface area contributed by atoms with Gasteiger partial charge in [-0.15, -0.1) is 0 Å². The number of rotatable bonds is 12. The summed E-state index contributed by atoms with van der Waals surface area (Å²) in [6.45, 7) is 3.48. The predicted molar refractivity (Wildman–Crippen MR) is 104 cm³/mol. The van der Waals surface area contributed by atoms with Crippen LogP contribution in [0, 0.1) is 0 Å². The second kappa shape index (κ2) is 12.0. The number of carbonyl (C=O) groups excluding carboxylic acids is 1. The molecule has 2 aliphatic heterocycles. The lowest BCUT2D eigenvalue weighted by molar-refractivity contribution is -0.143. The molecule has 0 saturated carbocycles. The van der Waals surface area contributed by atoms with E-state index < -0.39 is 0 Å². The molecule has 0 aliphatic carbocycles. The fourth-order valence-electron chi connectivity index (χ4n) is 5.23. The zero-order valence-corrected chi connectivity index (χ0v) is 16.1. The fraction of sp³-hybridized carbons (Fsp3) is 0.952. The maximum absolute atomic E-state index is 11.2. The third-order valence-corrected chi connectivity index (χ3v) is 6.48. The van der Waals surface area contributed by atoms with Crippen LogP contribution in [0.15, 0.2) is 0 Å². The van der Waals surface area contributed by atoms with Crippen LogP contribution in [-0.4, -0.2) is 19.3 Å². The van der Waals surface area contributed by atoms with Crippen molar-refractivity contribution in [3.05, 3.63) is 0 Å². The minimum atomic E-state index is -0.0232. The van der Waals surface area contributed by atoms with Crippen LogP contribution in [0.3, 0.4) is 0 Å². The van der Waals surface area contributed by atoms with Gasteiger partial charge in [-0.05, 0) is 13.3 Å². The van der Waals surface area contributed by atoms with E-state index in [9.17, 15) is 4.79 Å². The highest BCUT2D eigenvalue weighted by Crippen LogP contribution is 2.48. The summed E-state index contributed by atoms with van der Waals surface area (Å²) in [6.07, 6.45) is 21.8. The summed E-state index contributed by atoms with van der Waals surface area (Å²) in [5.74, 6) is 2.17. The summed E-state index contributed by atoms with van der Waals surface area (Å²) in [4.78, 5) is 11.2. The fourth-order valence-corrected chi connectivity index (χ4v) is 5.23. The number of fused-ring (bicyclic) bond motifs is 2. The summed E-state index contributed by atoms with van der Waals surface area (Å²) in [6, 6.07) is 0. The smallest absolute Gasteiger partial charge is 0.305 e. The van der Waals surface area contributed by atoms with E-state index in [0.717, 1.165) is 24.8 Å². The van der Waals surface area contributed by atoms with Crippen molar-refractivity contribution in [1.82, 2.24) is 0 Å². The van der Waals surface area contributed by atoms with Gasteiger partial charge in [0, 0.05) is 6.42 Å². The quantitative estimate of drug-likeness (QED) is 0.226. The molecule has 2 saturated heterocycles. The molecule has 0 atom stereocenters. The largest absolute Gasteiger partial charge is 0.466 e. The Kier molecular flexibility index (Phi) is 9.91. The summed E-state index contributed by atoms with van der Waals surface area (Å²) >= 11 is 0. The minimum Gasteiger partial charge on any atom is -0.466 e. The Labute approximate surface area is 150 Å². The molecule has 24 heavy (non-hydrogen) atoms. The van der Waals surface area contributed by atoms with Crippen LogP contribution < -0.4 is 0 Å². The van der Waals surface area contributed by atoms with Crippen molar-refractivity contribution in [3.63, 3.8) is 0 Å². The molecule has 0 unspecified atom stereocenters. The van der Waals surface area contributed by atoms with E-state index in [0.29, 0.717) is 13.0 Å². The Morgan fingerprint density at radius 2 is 1.33 bits per heavy atom. The van der Waals surface area contributed by atoms with E-state index in [1.54, 1.807) is 0 Å². The van der Waals surface area contributed by atoms with Gasteiger partial charge in [0.1, 0.15) is 6.71 Å². The summed E-state index contributed by atoms with van der Waals surface area (Å²) in [7, 11) is 0. The molecule has 138 valence electrons. The van der Waals surface area contributed by atoms with Crippen LogP contribution in [0.4, 0.5) is 0 Å². The molecule has 0 N–H and O–H groups in total. The van der Waals surface area contributed by atoms with Gasteiger partial charge in [-0.3, -0.25) is 4.79 Å². The van der Waals surface area contributed by atoms with Crippen molar-refractivity contribution in [3.8, 4) is 0 Å². The van der Waals surface area contributed by atoms with Gasteiger partial charge in [0.05, 0.1) is 6.61 Å². The third kappa shape index (κ3) is 7.19. The first kappa shape index (κ1) is 19.9. The van der Waals surface area contributed by atoms with Crippen LogP contribution in [0.1, 0.15) is 103 Å². The average molecular weight is 334 g/mol. The van der Waals surface area contributed by atoms with Gasteiger partial charge in [0.25, 0.3) is 0 Å².